The van der Waals surface area contributed by atoms with Crippen molar-refractivity contribution in [1.82, 2.24) is 15.5 Å². The van der Waals surface area contributed by atoms with Crippen LogP contribution in [0.3, 0.4) is 0 Å². The molecule has 1 amide bonds. The number of likely N-dealkylation sites (tertiary alicyclic amines) is 1. The van der Waals surface area contributed by atoms with Gasteiger partial charge in [0, 0.05) is 43.4 Å². The summed E-state index contributed by atoms with van der Waals surface area (Å²) in [6.45, 7) is 12.0. The molecule has 0 aliphatic carbocycles. The largest absolute Gasteiger partial charge is 0.374 e. The van der Waals surface area contributed by atoms with Gasteiger partial charge in [0.25, 0.3) is 0 Å². The highest BCUT2D eigenvalue weighted by Crippen LogP contribution is 2.47. The minimum atomic E-state index is -0.347. The van der Waals surface area contributed by atoms with Crippen LogP contribution in [0.5, 0.6) is 0 Å². The molecule has 3 saturated heterocycles. The van der Waals surface area contributed by atoms with Crippen molar-refractivity contribution in [3.05, 3.63) is 0 Å². The molecule has 0 radical (unpaired) electrons. The lowest BCUT2D eigenvalue weighted by Crippen LogP contribution is -2.42. The van der Waals surface area contributed by atoms with Crippen molar-refractivity contribution in [2.45, 2.75) is 52.7 Å². The first-order chi connectivity index (χ1) is 11.4. The Morgan fingerprint density at radius 3 is 2.33 bits per heavy atom. The van der Waals surface area contributed by atoms with Crippen molar-refractivity contribution in [2.75, 3.05) is 32.7 Å². The second kappa shape index (κ2) is 6.90. The zero-order chi connectivity index (χ0) is 17.3. The summed E-state index contributed by atoms with van der Waals surface area (Å²) in [6, 6.07) is 0. The third kappa shape index (κ3) is 3.53. The molecule has 0 aromatic heterocycles. The number of guanidine groups is 1. The van der Waals surface area contributed by atoms with Crippen molar-refractivity contribution in [3.63, 3.8) is 0 Å². The van der Waals surface area contributed by atoms with Gasteiger partial charge in [-0.3, -0.25) is 9.79 Å². The molecule has 0 spiro atoms. The highest BCUT2D eigenvalue weighted by Gasteiger charge is 2.53. The molecule has 4 unspecified atom stereocenters. The molecule has 24 heavy (non-hydrogen) atoms. The van der Waals surface area contributed by atoms with Crippen LogP contribution in [-0.4, -0.2) is 61.7 Å². The Kier molecular flexibility index (Phi) is 5.04. The number of carbonyl (C=O) groups excluding carboxylic acids is 1. The fraction of sp³-hybridized carbons (Fsp3) is 0.889. The molecule has 2 bridgehead atoms. The van der Waals surface area contributed by atoms with E-state index in [-0.39, 0.29) is 11.3 Å². The molecule has 3 heterocycles. The van der Waals surface area contributed by atoms with E-state index >= 15 is 0 Å². The fourth-order valence-electron chi connectivity index (χ4n) is 4.16. The molecule has 0 aromatic rings. The van der Waals surface area contributed by atoms with Crippen LogP contribution in [0.1, 0.15) is 40.5 Å². The minimum absolute atomic E-state index is 0.0760. The number of fused-ring (bicyclic) bond motifs is 5. The first kappa shape index (κ1) is 17.5. The summed E-state index contributed by atoms with van der Waals surface area (Å²) in [5, 5.41) is 6.37. The Morgan fingerprint density at radius 2 is 1.79 bits per heavy atom. The Bertz CT molecular complexity index is 482. The van der Waals surface area contributed by atoms with Crippen molar-refractivity contribution in [2.24, 2.45) is 22.2 Å². The summed E-state index contributed by atoms with van der Waals surface area (Å²) in [6.07, 6.45) is 3.40. The average molecular weight is 336 g/mol. The van der Waals surface area contributed by atoms with Gasteiger partial charge in [0.05, 0.1) is 18.8 Å². The van der Waals surface area contributed by atoms with Gasteiger partial charge in [0.1, 0.15) is 0 Å². The van der Waals surface area contributed by atoms with Gasteiger partial charge in [-0.2, -0.15) is 0 Å². The molecule has 3 aliphatic heterocycles. The van der Waals surface area contributed by atoms with Gasteiger partial charge >= 0.3 is 0 Å². The second-order valence-corrected chi connectivity index (χ2v) is 8.26. The van der Waals surface area contributed by atoms with Gasteiger partial charge in [-0.25, -0.2) is 0 Å². The molecule has 4 atom stereocenters. The summed E-state index contributed by atoms with van der Waals surface area (Å²) in [5.41, 5.74) is -0.347. The molecule has 0 saturated carbocycles. The first-order valence-corrected chi connectivity index (χ1v) is 9.37. The third-order valence-electron chi connectivity index (χ3n) is 5.43. The van der Waals surface area contributed by atoms with E-state index in [0.717, 1.165) is 25.6 Å². The predicted octanol–water partition coefficient (Wildman–Crippen LogP) is 1.22. The third-order valence-corrected chi connectivity index (χ3v) is 5.43. The molecule has 3 rings (SSSR count). The van der Waals surface area contributed by atoms with Crippen molar-refractivity contribution < 1.29 is 9.53 Å². The van der Waals surface area contributed by atoms with Crippen LogP contribution < -0.4 is 10.6 Å². The first-order valence-electron chi connectivity index (χ1n) is 9.37. The lowest BCUT2D eigenvalue weighted by Gasteiger charge is -2.23. The van der Waals surface area contributed by atoms with E-state index in [0.29, 0.717) is 37.1 Å². The SMILES string of the molecule is CCNC(=NCCNC(=O)C(C)(C)C)N1CC2C3CCC(O3)C2C1. The second-order valence-electron chi connectivity index (χ2n) is 8.26. The topological polar surface area (TPSA) is 66.0 Å². The van der Waals surface area contributed by atoms with Crippen molar-refractivity contribution in [1.29, 1.82) is 0 Å². The number of nitrogens with zero attached hydrogens (tertiary/aromatic N) is 2. The molecule has 0 aromatic carbocycles. The summed E-state index contributed by atoms with van der Waals surface area (Å²) < 4.78 is 6.05. The van der Waals surface area contributed by atoms with Crippen LogP contribution in [-0.2, 0) is 9.53 Å². The zero-order valence-corrected chi connectivity index (χ0v) is 15.5. The van der Waals surface area contributed by atoms with Crippen LogP contribution in [0.15, 0.2) is 4.99 Å². The zero-order valence-electron chi connectivity index (χ0n) is 15.5. The summed E-state index contributed by atoms with van der Waals surface area (Å²) in [5.74, 6) is 2.41. The smallest absolute Gasteiger partial charge is 0.225 e. The number of hydrogen-bond acceptors (Lipinski definition) is 3. The number of nitrogens with one attached hydrogen (secondary N) is 2. The van der Waals surface area contributed by atoms with Crippen LogP contribution in [0.2, 0.25) is 0 Å². The summed E-state index contributed by atoms with van der Waals surface area (Å²) >= 11 is 0. The minimum Gasteiger partial charge on any atom is -0.374 e. The molecule has 3 fully saturated rings. The number of ether oxygens (including phenoxy) is 1. The lowest BCUT2D eigenvalue weighted by atomic mass is 9.82. The fourth-order valence-corrected chi connectivity index (χ4v) is 4.16. The van der Waals surface area contributed by atoms with E-state index in [4.69, 9.17) is 9.73 Å². The van der Waals surface area contributed by atoms with Crippen LogP contribution in [0.25, 0.3) is 0 Å². The highest BCUT2D eigenvalue weighted by molar-refractivity contribution is 5.82. The number of carbonyl (C=O) groups is 1. The number of hydrogen-bond donors (Lipinski definition) is 2. The molecule has 136 valence electrons. The molecule has 3 aliphatic rings. The average Bonchev–Trinajstić information content (AvgIpc) is 3.20. The quantitative estimate of drug-likeness (QED) is 0.460. The molecule has 2 N–H and O–H groups in total. The monoisotopic (exact) mass is 336 g/mol. The molecule has 6 nitrogen and oxygen atoms in total. The number of amides is 1. The van der Waals surface area contributed by atoms with E-state index < -0.39 is 0 Å². The lowest BCUT2D eigenvalue weighted by molar-refractivity contribution is -0.128. The maximum absolute atomic E-state index is 11.9. The van der Waals surface area contributed by atoms with Crippen LogP contribution in [0, 0.1) is 17.3 Å². The molecule has 6 heteroatoms. The van der Waals surface area contributed by atoms with Crippen LogP contribution in [0.4, 0.5) is 0 Å². The van der Waals surface area contributed by atoms with Gasteiger partial charge in [-0.1, -0.05) is 20.8 Å². The van der Waals surface area contributed by atoms with E-state index in [1.54, 1.807) is 0 Å². The van der Waals surface area contributed by atoms with Gasteiger partial charge < -0.3 is 20.3 Å². The van der Waals surface area contributed by atoms with Crippen molar-refractivity contribution in [3.8, 4) is 0 Å². The molecular formula is C18H32N4O2. The van der Waals surface area contributed by atoms with Gasteiger partial charge in [-0.15, -0.1) is 0 Å². The summed E-state index contributed by atoms with van der Waals surface area (Å²) in [4.78, 5) is 19.0. The Morgan fingerprint density at radius 1 is 1.17 bits per heavy atom. The van der Waals surface area contributed by atoms with E-state index in [1.165, 1.54) is 12.8 Å². The van der Waals surface area contributed by atoms with E-state index in [9.17, 15) is 4.79 Å². The van der Waals surface area contributed by atoms with Crippen LogP contribution >= 0.6 is 0 Å². The summed E-state index contributed by atoms with van der Waals surface area (Å²) in [7, 11) is 0. The van der Waals surface area contributed by atoms with Gasteiger partial charge in [0.2, 0.25) is 5.91 Å². The number of rotatable bonds is 4. The predicted molar refractivity (Wildman–Crippen MR) is 94.9 cm³/mol. The normalized spacial score (nSPS) is 32.2. The van der Waals surface area contributed by atoms with Gasteiger partial charge in [-0.05, 0) is 19.8 Å². The van der Waals surface area contributed by atoms with Gasteiger partial charge in [0.15, 0.2) is 5.96 Å². The van der Waals surface area contributed by atoms with E-state index in [2.05, 4.69) is 22.5 Å². The van der Waals surface area contributed by atoms with E-state index in [1.807, 2.05) is 20.8 Å². The maximum atomic E-state index is 11.9. The highest BCUT2D eigenvalue weighted by atomic mass is 16.5. The Balaban J connectivity index is 1.52. The Labute approximate surface area is 145 Å². The standard InChI is InChI=1S/C18H32N4O2/c1-5-19-17(21-9-8-20-16(23)18(2,3)4)22-10-12-13(11-22)15-7-6-14(12)24-15/h12-15H,5-11H2,1-4H3,(H,19,21)(H,20,23). The molecular weight excluding hydrogens is 304 g/mol. The van der Waals surface area contributed by atoms with Crippen molar-refractivity contribution >= 4 is 11.9 Å². The Hall–Kier alpha value is -1.30. The number of aliphatic imine (C=N–C) groups is 1. The maximum Gasteiger partial charge on any atom is 0.225 e.